The molecule has 0 amide bonds. The molecule has 6 aromatic carbocycles. The zero-order valence-electron chi connectivity index (χ0n) is 38.8. The van der Waals surface area contributed by atoms with Gasteiger partial charge in [-0.15, -0.1) is 0 Å². The number of aromatic nitrogens is 4. The summed E-state index contributed by atoms with van der Waals surface area (Å²) in [5.41, 5.74) is 11.8. The lowest BCUT2D eigenvalue weighted by Crippen LogP contribution is -2.22. The summed E-state index contributed by atoms with van der Waals surface area (Å²) in [7, 11) is 4.36. The van der Waals surface area contributed by atoms with Crippen molar-refractivity contribution in [3.63, 3.8) is 0 Å². The van der Waals surface area contributed by atoms with E-state index in [-0.39, 0.29) is 0 Å². The van der Waals surface area contributed by atoms with E-state index in [0.717, 1.165) is 188 Å². The van der Waals surface area contributed by atoms with Crippen molar-refractivity contribution in [2.45, 2.75) is 25.7 Å². The Morgan fingerprint density at radius 1 is 0.294 bits per heavy atom. The van der Waals surface area contributed by atoms with Crippen molar-refractivity contribution >= 4 is 112 Å². The quantitative estimate of drug-likeness (QED) is 0.111. The maximum Gasteiger partial charge on any atom is 0.0972 e. The van der Waals surface area contributed by atoms with E-state index in [0.29, 0.717) is 0 Å². The average Bonchev–Trinajstić information content (AvgIpc) is 3.35. The van der Waals surface area contributed by atoms with Gasteiger partial charge in [-0.25, -0.2) is 19.9 Å². The SMILES string of the molecule is CN1CCCN=Cc2ccc3nc4c(ccc5cc6cc(ccc6nc54)C=NCCCN(C)CCCN=Cc4ccc5nc6c(ccc7cc8cc(ccc8nc76)C=NCCC1)cc5c4)cc3c2. The van der Waals surface area contributed by atoms with Gasteiger partial charge in [-0.3, -0.25) is 20.0 Å². The van der Waals surface area contributed by atoms with E-state index in [2.05, 4.69) is 145 Å². The first-order chi connectivity index (χ1) is 33.5. The molecule has 10 heteroatoms. The minimum absolute atomic E-state index is 0.779. The molecule has 10 aromatic rings. The molecule has 0 fully saturated rings. The number of nitrogens with zero attached hydrogens (tertiary/aromatic N) is 10. The second-order valence-corrected chi connectivity index (χ2v) is 18.3. The summed E-state index contributed by atoms with van der Waals surface area (Å²) in [6.07, 6.45) is 11.9. The second-order valence-electron chi connectivity index (χ2n) is 18.3. The lowest BCUT2D eigenvalue weighted by atomic mass is 10.0. The molecule has 4 aromatic heterocycles. The van der Waals surface area contributed by atoms with Crippen LogP contribution in [0.1, 0.15) is 47.9 Å². The Morgan fingerprint density at radius 3 is 0.794 bits per heavy atom. The highest BCUT2D eigenvalue weighted by atomic mass is 15.1. The van der Waals surface area contributed by atoms with Crippen LogP contribution in [0.15, 0.2) is 141 Å². The summed E-state index contributed by atoms with van der Waals surface area (Å²) in [6.45, 7) is 7.07. The summed E-state index contributed by atoms with van der Waals surface area (Å²) in [4.78, 5) is 44.4. The first-order valence-electron chi connectivity index (χ1n) is 24.0. The highest BCUT2D eigenvalue weighted by molar-refractivity contribution is 6.11. The molecular weight excluding hydrogens is 837 g/mol. The molecule has 0 aliphatic carbocycles. The average molecular weight is 891 g/mol. The Hall–Kier alpha value is -7.40. The number of hydrogen-bond acceptors (Lipinski definition) is 10. The molecule has 0 unspecified atom stereocenters. The van der Waals surface area contributed by atoms with Gasteiger partial charge in [0.25, 0.3) is 0 Å². The number of pyridine rings is 4. The molecule has 10 nitrogen and oxygen atoms in total. The van der Waals surface area contributed by atoms with Gasteiger partial charge in [0, 0.05) is 94.1 Å². The van der Waals surface area contributed by atoms with Gasteiger partial charge in [-0.05, 0) is 161 Å². The molecule has 0 saturated carbocycles. The zero-order chi connectivity index (χ0) is 45.8. The standard InChI is InChI=1S/C58H54N10/c1-67-23-3-19-59-35-39-7-15-51-47(27-39)31-43-11-13-45-33-49-29-41(9-17-53(49)65-57(45)55(43)63-51)37-61-21-5-25-68(2)26-6-22-62-38-42-10-18-54-50(30-42)34-46-14-12-44-32-48-28-40(36-60-20-4-24-67)8-16-52(48)64-56(44)58(46)66-54/h7-18,27-38H,3-6,19-26H2,1-2H3. The molecule has 20 bridgehead atoms. The maximum absolute atomic E-state index is 5.13. The largest absolute Gasteiger partial charge is 0.306 e. The van der Waals surface area contributed by atoms with E-state index in [9.17, 15) is 0 Å². The van der Waals surface area contributed by atoms with Crippen molar-refractivity contribution in [1.29, 1.82) is 0 Å². The van der Waals surface area contributed by atoms with Crippen LogP contribution >= 0.6 is 0 Å². The maximum atomic E-state index is 5.13. The van der Waals surface area contributed by atoms with Gasteiger partial charge in [0.2, 0.25) is 0 Å². The summed E-state index contributed by atoms with van der Waals surface area (Å²) in [6, 6.07) is 43.1. The predicted octanol–water partition coefficient (Wildman–Crippen LogP) is 11.3. The normalized spacial score (nSPS) is 15.9. The first-order valence-corrected chi connectivity index (χ1v) is 24.0. The highest BCUT2D eigenvalue weighted by Crippen LogP contribution is 2.31. The fourth-order valence-corrected chi connectivity index (χ4v) is 9.42. The fraction of sp³-hybridized carbons (Fsp3) is 0.241. The molecule has 25 rings (SSSR count). The molecule has 0 spiro atoms. The third-order valence-corrected chi connectivity index (χ3v) is 13.1. The number of benzene rings is 6. The molecular formula is C58H54N10. The minimum atomic E-state index is 0.779. The van der Waals surface area contributed by atoms with E-state index in [1.807, 2.05) is 24.9 Å². The van der Waals surface area contributed by atoms with Crippen molar-refractivity contribution in [3.8, 4) is 0 Å². The number of rotatable bonds is 0. The molecule has 336 valence electrons. The van der Waals surface area contributed by atoms with Crippen LogP contribution in [0.2, 0.25) is 0 Å². The first kappa shape index (κ1) is 43.2. The van der Waals surface area contributed by atoms with E-state index in [4.69, 9.17) is 39.9 Å². The van der Waals surface area contributed by atoms with Gasteiger partial charge in [-0.1, -0.05) is 48.5 Å². The van der Waals surface area contributed by atoms with Gasteiger partial charge in [0.1, 0.15) is 0 Å². The van der Waals surface area contributed by atoms with Crippen molar-refractivity contribution < 1.29 is 0 Å². The Bertz CT molecular complexity index is 3170. The Labute approximate surface area is 395 Å². The fourth-order valence-electron chi connectivity index (χ4n) is 9.42. The van der Waals surface area contributed by atoms with Crippen LogP contribution in [0.5, 0.6) is 0 Å². The van der Waals surface area contributed by atoms with Gasteiger partial charge in [0.05, 0.1) is 44.1 Å². The highest BCUT2D eigenvalue weighted by Gasteiger charge is 2.11. The summed E-state index contributed by atoms with van der Waals surface area (Å²) >= 11 is 0. The molecule has 0 atom stereocenters. The van der Waals surface area contributed by atoms with Gasteiger partial charge in [-0.2, -0.15) is 0 Å². The molecule has 15 aliphatic heterocycles. The monoisotopic (exact) mass is 890 g/mol. The third-order valence-electron chi connectivity index (χ3n) is 13.1. The van der Waals surface area contributed by atoms with Crippen molar-refractivity contribution in [1.82, 2.24) is 29.7 Å². The Morgan fingerprint density at radius 2 is 0.544 bits per heavy atom. The molecule has 0 N–H and O–H groups in total. The van der Waals surface area contributed by atoms with Gasteiger partial charge >= 0.3 is 0 Å². The van der Waals surface area contributed by atoms with Gasteiger partial charge < -0.3 is 9.80 Å². The second kappa shape index (κ2) is 19.4. The van der Waals surface area contributed by atoms with Gasteiger partial charge in [0.15, 0.2) is 0 Å². The minimum Gasteiger partial charge on any atom is -0.306 e. The predicted molar refractivity (Wildman–Crippen MR) is 287 cm³/mol. The molecule has 0 radical (unpaired) electrons. The lowest BCUT2D eigenvalue weighted by molar-refractivity contribution is 0.329. The topological polar surface area (TPSA) is 107 Å². The van der Waals surface area contributed by atoms with Crippen molar-refractivity contribution in [2.75, 3.05) is 66.5 Å². The Balaban J connectivity index is 0.805. The molecule has 19 heterocycles. The smallest absolute Gasteiger partial charge is 0.0972 e. The van der Waals surface area contributed by atoms with Crippen LogP contribution in [-0.2, 0) is 0 Å². The van der Waals surface area contributed by atoms with E-state index in [1.165, 1.54) is 0 Å². The summed E-state index contributed by atoms with van der Waals surface area (Å²) in [5, 5.41) is 8.70. The van der Waals surface area contributed by atoms with Crippen LogP contribution in [-0.4, -0.2) is 121 Å². The number of hydrogen-bond donors (Lipinski definition) is 0. The summed E-state index contributed by atoms with van der Waals surface area (Å²) < 4.78 is 0. The number of aliphatic imine (C=N–C) groups is 4. The van der Waals surface area contributed by atoms with Crippen LogP contribution in [0, 0.1) is 0 Å². The third kappa shape index (κ3) is 9.56. The van der Waals surface area contributed by atoms with Crippen LogP contribution in [0.4, 0.5) is 0 Å². The lowest BCUT2D eigenvalue weighted by Gasteiger charge is -2.14. The van der Waals surface area contributed by atoms with Crippen LogP contribution < -0.4 is 0 Å². The summed E-state index contributed by atoms with van der Waals surface area (Å²) in [5.74, 6) is 0. The molecule has 15 aliphatic rings. The van der Waals surface area contributed by atoms with Crippen molar-refractivity contribution in [2.24, 2.45) is 20.0 Å². The van der Waals surface area contributed by atoms with E-state index >= 15 is 0 Å². The Kier molecular flexibility index (Phi) is 12.3. The van der Waals surface area contributed by atoms with Crippen LogP contribution in [0.25, 0.3) is 87.2 Å². The molecule has 0 saturated heterocycles. The zero-order valence-corrected chi connectivity index (χ0v) is 38.8. The van der Waals surface area contributed by atoms with E-state index < -0.39 is 0 Å². The van der Waals surface area contributed by atoms with E-state index in [1.54, 1.807) is 0 Å². The molecule has 68 heavy (non-hydrogen) atoms. The van der Waals surface area contributed by atoms with Crippen LogP contribution in [0.3, 0.4) is 0 Å². The van der Waals surface area contributed by atoms with Crippen molar-refractivity contribution in [3.05, 3.63) is 144 Å².